The summed E-state index contributed by atoms with van der Waals surface area (Å²) in [6, 6.07) is 16.0. The molecule has 8 nitrogen and oxygen atoms in total. The second-order valence-corrected chi connectivity index (χ2v) is 6.23. The number of aromatic nitrogens is 1. The number of carbonyl (C=O) groups is 2. The number of carboxylic acid groups (broad SMARTS) is 1. The van der Waals surface area contributed by atoms with E-state index < -0.39 is 12.0 Å². The van der Waals surface area contributed by atoms with E-state index in [-0.39, 0.29) is 12.1 Å². The molecule has 3 rings (SSSR count). The molecule has 3 aromatic rings. The Morgan fingerprint density at radius 3 is 2.55 bits per heavy atom. The third-order valence-corrected chi connectivity index (χ3v) is 4.03. The zero-order valence-electron chi connectivity index (χ0n) is 15.6. The molecule has 0 radical (unpaired) electrons. The standard InChI is InChI=1S/C21H19N3O5/c1-13-9-14(11-22-20(13)26)17-10-15(24-19(25)12-23-21(27)28)7-8-18(17)29-16-5-3-2-4-6-16/h2-11,23H,12H2,1H3,(H,22,26)(H,24,25)(H,27,28). The molecule has 2 aromatic carbocycles. The Kier molecular flexibility index (Phi) is 5.94. The average molecular weight is 393 g/mol. The second-order valence-electron chi connectivity index (χ2n) is 6.23. The summed E-state index contributed by atoms with van der Waals surface area (Å²) < 4.78 is 5.98. The molecule has 0 fully saturated rings. The molecule has 148 valence electrons. The largest absolute Gasteiger partial charge is 0.465 e. The number of aryl methyl sites for hydroxylation is 1. The van der Waals surface area contributed by atoms with Crippen LogP contribution in [0.2, 0.25) is 0 Å². The van der Waals surface area contributed by atoms with Gasteiger partial charge in [0.05, 0.1) is 0 Å². The predicted octanol–water partition coefficient (Wildman–Crippen LogP) is 3.35. The van der Waals surface area contributed by atoms with Crippen molar-refractivity contribution in [3.05, 3.63) is 76.7 Å². The van der Waals surface area contributed by atoms with Gasteiger partial charge in [-0.2, -0.15) is 0 Å². The van der Waals surface area contributed by atoms with Gasteiger partial charge in [-0.1, -0.05) is 18.2 Å². The number of ether oxygens (including phenoxy) is 1. The van der Waals surface area contributed by atoms with Crippen molar-refractivity contribution in [2.75, 3.05) is 11.9 Å². The van der Waals surface area contributed by atoms with E-state index in [1.807, 2.05) is 35.6 Å². The molecule has 0 aliphatic rings. The van der Waals surface area contributed by atoms with Crippen LogP contribution >= 0.6 is 0 Å². The van der Waals surface area contributed by atoms with E-state index in [4.69, 9.17) is 9.84 Å². The van der Waals surface area contributed by atoms with Gasteiger partial charge in [0.2, 0.25) is 5.91 Å². The van der Waals surface area contributed by atoms with Crippen LogP contribution in [0, 0.1) is 6.92 Å². The van der Waals surface area contributed by atoms with Crippen molar-refractivity contribution in [3.63, 3.8) is 0 Å². The van der Waals surface area contributed by atoms with E-state index in [1.165, 1.54) is 0 Å². The van der Waals surface area contributed by atoms with Crippen LogP contribution < -0.4 is 20.9 Å². The van der Waals surface area contributed by atoms with Gasteiger partial charge < -0.3 is 25.5 Å². The number of amides is 2. The van der Waals surface area contributed by atoms with Crippen molar-refractivity contribution in [2.45, 2.75) is 6.92 Å². The molecule has 0 saturated carbocycles. The van der Waals surface area contributed by atoms with E-state index >= 15 is 0 Å². The Balaban J connectivity index is 1.95. The topological polar surface area (TPSA) is 121 Å². The highest BCUT2D eigenvalue weighted by Gasteiger charge is 2.12. The molecular formula is C21H19N3O5. The number of hydrogen-bond acceptors (Lipinski definition) is 4. The van der Waals surface area contributed by atoms with Crippen LogP contribution in [0.3, 0.4) is 0 Å². The lowest BCUT2D eigenvalue weighted by molar-refractivity contribution is -0.115. The van der Waals surface area contributed by atoms with Gasteiger partial charge in [-0.25, -0.2) is 4.79 Å². The molecule has 8 heteroatoms. The van der Waals surface area contributed by atoms with Gasteiger partial charge in [-0.15, -0.1) is 0 Å². The van der Waals surface area contributed by atoms with Crippen molar-refractivity contribution >= 4 is 17.7 Å². The Hall–Kier alpha value is -4.07. The lowest BCUT2D eigenvalue weighted by Crippen LogP contribution is -2.31. The lowest BCUT2D eigenvalue weighted by atomic mass is 10.0. The smallest absolute Gasteiger partial charge is 0.405 e. The van der Waals surface area contributed by atoms with E-state index in [1.54, 1.807) is 37.4 Å². The van der Waals surface area contributed by atoms with E-state index in [0.717, 1.165) is 0 Å². The summed E-state index contributed by atoms with van der Waals surface area (Å²) in [5, 5.41) is 13.3. The van der Waals surface area contributed by atoms with E-state index in [0.29, 0.717) is 33.9 Å². The molecule has 0 bridgehead atoms. The maximum atomic E-state index is 11.9. The summed E-state index contributed by atoms with van der Waals surface area (Å²) in [6.45, 7) is 1.33. The maximum absolute atomic E-state index is 11.9. The first-order chi connectivity index (χ1) is 13.9. The first kappa shape index (κ1) is 19.7. The van der Waals surface area contributed by atoms with Gasteiger partial charge in [-0.05, 0) is 43.3 Å². The molecule has 0 spiro atoms. The number of hydrogen-bond donors (Lipinski definition) is 4. The third-order valence-electron chi connectivity index (χ3n) is 4.03. The third kappa shape index (κ3) is 5.23. The number of carbonyl (C=O) groups excluding carboxylic acids is 1. The Morgan fingerprint density at radius 1 is 1.10 bits per heavy atom. The number of benzene rings is 2. The molecule has 1 heterocycles. The van der Waals surface area contributed by atoms with Crippen molar-refractivity contribution in [1.82, 2.24) is 10.3 Å². The summed E-state index contributed by atoms with van der Waals surface area (Å²) in [6.07, 6.45) is 0.288. The average Bonchev–Trinajstić information content (AvgIpc) is 2.70. The fourth-order valence-electron chi connectivity index (χ4n) is 2.65. The van der Waals surface area contributed by atoms with E-state index in [2.05, 4.69) is 10.3 Å². The Labute approximate surface area is 166 Å². The summed E-state index contributed by atoms with van der Waals surface area (Å²) in [5.74, 6) is 0.661. The summed E-state index contributed by atoms with van der Waals surface area (Å²) in [7, 11) is 0. The van der Waals surface area contributed by atoms with Crippen LogP contribution in [0.4, 0.5) is 10.5 Å². The SMILES string of the molecule is Cc1cc(-c2cc(NC(=O)CNC(=O)O)ccc2Oc2ccccc2)c[nH]c1=O. The number of rotatable bonds is 6. The molecular weight excluding hydrogens is 374 g/mol. The predicted molar refractivity (Wildman–Crippen MR) is 108 cm³/mol. The zero-order valence-corrected chi connectivity index (χ0v) is 15.6. The van der Waals surface area contributed by atoms with Gasteiger partial charge >= 0.3 is 6.09 Å². The van der Waals surface area contributed by atoms with Crippen molar-refractivity contribution < 1.29 is 19.4 Å². The minimum Gasteiger partial charge on any atom is -0.465 e. The highest BCUT2D eigenvalue weighted by atomic mass is 16.5. The minimum atomic E-state index is -1.28. The second kappa shape index (κ2) is 8.75. The molecule has 0 aliphatic carbocycles. The fraction of sp³-hybridized carbons (Fsp3) is 0.0952. The maximum Gasteiger partial charge on any atom is 0.405 e. The van der Waals surface area contributed by atoms with Crippen LogP contribution in [-0.2, 0) is 4.79 Å². The molecule has 1 aromatic heterocycles. The normalized spacial score (nSPS) is 10.2. The number of pyridine rings is 1. The Morgan fingerprint density at radius 2 is 1.86 bits per heavy atom. The first-order valence-electron chi connectivity index (χ1n) is 8.75. The Bertz CT molecular complexity index is 1090. The summed E-state index contributed by atoms with van der Waals surface area (Å²) in [5.41, 5.74) is 2.16. The summed E-state index contributed by atoms with van der Waals surface area (Å²) >= 11 is 0. The van der Waals surface area contributed by atoms with Crippen LogP contribution in [0.1, 0.15) is 5.56 Å². The molecule has 4 N–H and O–H groups in total. The van der Waals surface area contributed by atoms with Crippen LogP contribution in [0.15, 0.2) is 65.6 Å². The number of para-hydroxylation sites is 1. The number of aromatic amines is 1. The van der Waals surface area contributed by atoms with Gasteiger partial charge in [-0.3, -0.25) is 9.59 Å². The van der Waals surface area contributed by atoms with Crippen LogP contribution in [-0.4, -0.2) is 28.6 Å². The van der Waals surface area contributed by atoms with Crippen LogP contribution in [0.5, 0.6) is 11.5 Å². The number of nitrogens with one attached hydrogen (secondary N) is 3. The quantitative estimate of drug-likeness (QED) is 0.512. The van der Waals surface area contributed by atoms with Crippen molar-refractivity contribution in [3.8, 4) is 22.6 Å². The highest BCUT2D eigenvalue weighted by Crippen LogP contribution is 2.35. The van der Waals surface area contributed by atoms with Crippen molar-refractivity contribution in [2.24, 2.45) is 0 Å². The monoisotopic (exact) mass is 393 g/mol. The van der Waals surface area contributed by atoms with Gasteiger partial charge in [0, 0.05) is 28.6 Å². The molecule has 0 saturated heterocycles. The molecule has 0 unspecified atom stereocenters. The molecule has 2 amide bonds. The van der Waals surface area contributed by atoms with Crippen molar-refractivity contribution in [1.29, 1.82) is 0 Å². The van der Waals surface area contributed by atoms with Gasteiger partial charge in [0.15, 0.2) is 0 Å². The van der Waals surface area contributed by atoms with E-state index in [9.17, 15) is 14.4 Å². The molecule has 0 atom stereocenters. The first-order valence-corrected chi connectivity index (χ1v) is 8.75. The number of H-pyrrole nitrogens is 1. The van der Waals surface area contributed by atoms with Gasteiger partial charge in [0.25, 0.3) is 5.56 Å². The highest BCUT2D eigenvalue weighted by molar-refractivity contribution is 5.94. The number of anilines is 1. The summed E-state index contributed by atoms with van der Waals surface area (Å²) in [4.78, 5) is 36.9. The minimum absolute atomic E-state index is 0.191. The lowest BCUT2D eigenvalue weighted by Gasteiger charge is -2.14. The zero-order chi connectivity index (χ0) is 20.8. The van der Waals surface area contributed by atoms with Gasteiger partial charge in [0.1, 0.15) is 18.0 Å². The molecule has 29 heavy (non-hydrogen) atoms. The van der Waals surface area contributed by atoms with Crippen LogP contribution in [0.25, 0.3) is 11.1 Å². The molecule has 0 aliphatic heterocycles. The fourth-order valence-corrected chi connectivity index (χ4v) is 2.65.